The van der Waals surface area contributed by atoms with E-state index in [1.807, 2.05) is 12.1 Å². The number of hydrogen-bond acceptors (Lipinski definition) is 4. The van der Waals surface area contributed by atoms with E-state index in [1.54, 1.807) is 24.3 Å². The third kappa shape index (κ3) is 4.53. The highest BCUT2D eigenvalue weighted by molar-refractivity contribution is 6.04. The van der Waals surface area contributed by atoms with Gasteiger partial charge in [0.2, 0.25) is 0 Å². The van der Waals surface area contributed by atoms with Crippen LogP contribution in [0.5, 0.6) is 0 Å². The molecule has 0 bridgehead atoms. The average Bonchev–Trinajstić information content (AvgIpc) is 2.66. The van der Waals surface area contributed by atoms with Crippen LogP contribution in [0.2, 0.25) is 0 Å². The lowest BCUT2D eigenvalue weighted by molar-refractivity contribution is 0.0947. The van der Waals surface area contributed by atoms with Gasteiger partial charge in [0.25, 0.3) is 11.5 Å². The lowest BCUT2D eigenvalue weighted by atomic mass is 9.99. The number of hydrogen-bond donors (Lipinski definition) is 3. The molecule has 7 heteroatoms. The molecular weight excluding hydrogens is 364 g/mol. The number of H-pyrrole nitrogens is 1. The van der Waals surface area contributed by atoms with Crippen LogP contribution in [0, 0.1) is 0 Å². The van der Waals surface area contributed by atoms with Crippen LogP contribution in [0.25, 0.3) is 10.8 Å². The van der Waals surface area contributed by atoms with Gasteiger partial charge in [0.05, 0.1) is 5.39 Å². The van der Waals surface area contributed by atoms with Crippen molar-refractivity contribution in [3.63, 3.8) is 0 Å². The molecule has 1 atom stereocenters. The zero-order chi connectivity index (χ0) is 18.7. The molecule has 1 aromatic heterocycles. The summed E-state index contributed by atoms with van der Waals surface area (Å²) in [6, 6.07) is 14.6. The van der Waals surface area contributed by atoms with E-state index in [0.717, 1.165) is 5.56 Å². The molecule has 0 aliphatic rings. The summed E-state index contributed by atoms with van der Waals surface area (Å²) in [7, 11) is 0. The smallest absolute Gasteiger partial charge is 0.272 e. The van der Waals surface area contributed by atoms with Crippen LogP contribution in [0.3, 0.4) is 0 Å². The number of benzene rings is 2. The zero-order valence-corrected chi connectivity index (χ0v) is 16.0. The molecule has 0 radical (unpaired) electrons. The summed E-state index contributed by atoms with van der Waals surface area (Å²) in [5, 5.41) is 10.0. The maximum absolute atomic E-state index is 12.5. The molecule has 2 aromatic carbocycles. The van der Waals surface area contributed by atoms with E-state index in [1.165, 1.54) is 5.56 Å². The second-order valence-corrected chi connectivity index (χ2v) is 6.58. The number of amides is 1. The van der Waals surface area contributed by atoms with Gasteiger partial charge >= 0.3 is 0 Å². The van der Waals surface area contributed by atoms with Crippen molar-refractivity contribution in [2.75, 3.05) is 6.54 Å². The first-order valence-corrected chi connectivity index (χ1v) is 8.58. The number of aromatic amines is 1. The Hall–Kier alpha value is -2.70. The molecule has 1 unspecified atom stereocenters. The van der Waals surface area contributed by atoms with Crippen molar-refractivity contribution < 1.29 is 4.79 Å². The number of aromatic nitrogens is 2. The fourth-order valence-corrected chi connectivity index (χ4v) is 2.82. The first-order chi connectivity index (χ1) is 12.5. The largest absolute Gasteiger partial charge is 0.349 e. The Balaban J connectivity index is 0.00000261. The van der Waals surface area contributed by atoms with E-state index in [-0.39, 0.29) is 42.2 Å². The van der Waals surface area contributed by atoms with E-state index in [2.05, 4.69) is 41.5 Å². The minimum atomic E-state index is -0.369. The van der Waals surface area contributed by atoms with Crippen LogP contribution in [-0.4, -0.2) is 22.6 Å². The number of carbonyl (C=O) groups excluding carboxylic acids is 1. The van der Waals surface area contributed by atoms with Gasteiger partial charge in [-0.05, 0) is 23.1 Å². The maximum atomic E-state index is 12.5. The molecule has 1 amide bonds. The Bertz CT molecular complexity index is 983. The van der Waals surface area contributed by atoms with Gasteiger partial charge in [0.15, 0.2) is 5.69 Å². The third-order valence-electron chi connectivity index (χ3n) is 4.42. The fraction of sp³-hybridized carbons (Fsp3) is 0.250. The summed E-state index contributed by atoms with van der Waals surface area (Å²) in [4.78, 5) is 24.3. The quantitative estimate of drug-likeness (QED) is 0.627. The van der Waals surface area contributed by atoms with Gasteiger partial charge < -0.3 is 11.1 Å². The molecule has 1 heterocycles. The van der Waals surface area contributed by atoms with E-state index in [4.69, 9.17) is 5.73 Å². The number of nitrogens with one attached hydrogen (secondary N) is 2. The van der Waals surface area contributed by atoms with Crippen molar-refractivity contribution in [1.82, 2.24) is 15.5 Å². The van der Waals surface area contributed by atoms with Crippen LogP contribution < -0.4 is 16.6 Å². The molecule has 3 rings (SSSR count). The van der Waals surface area contributed by atoms with Crippen LogP contribution >= 0.6 is 12.4 Å². The van der Waals surface area contributed by atoms with Gasteiger partial charge in [0.1, 0.15) is 0 Å². The van der Waals surface area contributed by atoms with Gasteiger partial charge in [-0.2, -0.15) is 5.10 Å². The Kier molecular flexibility index (Phi) is 6.71. The lowest BCUT2D eigenvalue weighted by Gasteiger charge is -2.15. The summed E-state index contributed by atoms with van der Waals surface area (Å²) in [5.74, 6) is 0.0891. The van der Waals surface area contributed by atoms with Crippen molar-refractivity contribution in [2.24, 2.45) is 5.73 Å². The monoisotopic (exact) mass is 386 g/mol. The van der Waals surface area contributed by atoms with Gasteiger partial charge in [0, 0.05) is 18.0 Å². The Morgan fingerprint density at radius 1 is 1.07 bits per heavy atom. The normalized spacial score (nSPS) is 11.9. The zero-order valence-electron chi connectivity index (χ0n) is 15.2. The molecule has 0 spiro atoms. The molecular formula is C20H23ClN4O2. The van der Waals surface area contributed by atoms with E-state index >= 15 is 0 Å². The van der Waals surface area contributed by atoms with Crippen molar-refractivity contribution in [3.8, 4) is 0 Å². The molecule has 0 aliphatic heterocycles. The summed E-state index contributed by atoms with van der Waals surface area (Å²) in [5.41, 5.74) is 8.25. The molecule has 0 fully saturated rings. The molecule has 0 saturated carbocycles. The number of halogens is 1. The summed E-state index contributed by atoms with van der Waals surface area (Å²) in [6.07, 6.45) is 0. The predicted molar refractivity (Wildman–Crippen MR) is 109 cm³/mol. The van der Waals surface area contributed by atoms with Crippen molar-refractivity contribution in [3.05, 3.63) is 75.7 Å². The summed E-state index contributed by atoms with van der Waals surface area (Å²) in [6.45, 7) is 4.54. The van der Waals surface area contributed by atoms with E-state index < -0.39 is 0 Å². The second-order valence-electron chi connectivity index (χ2n) is 6.58. The first kappa shape index (κ1) is 20.6. The molecule has 0 saturated heterocycles. The van der Waals surface area contributed by atoms with Crippen LogP contribution in [0.1, 0.15) is 47.4 Å². The lowest BCUT2D eigenvalue weighted by Crippen LogP contribution is -2.33. The minimum absolute atomic E-state index is 0. The van der Waals surface area contributed by atoms with Crippen LogP contribution in [0.15, 0.2) is 53.3 Å². The molecule has 3 aromatic rings. The topological polar surface area (TPSA) is 101 Å². The van der Waals surface area contributed by atoms with Gasteiger partial charge in [-0.1, -0.05) is 56.3 Å². The highest BCUT2D eigenvalue weighted by Crippen LogP contribution is 2.18. The van der Waals surface area contributed by atoms with Gasteiger partial charge in [-0.15, -0.1) is 12.4 Å². The molecule has 27 heavy (non-hydrogen) atoms. The number of nitrogens with two attached hydrogens (primary N) is 1. The number of nitrogens with zero attached hydrogens (tertiary/aromatic N) is 1. The predicted octanol–water partition coefficient (Wildman–Crippen LogP) is 2.90. The van der Waals surface area contributed by atoms with Crippen LogP contribution in [0.4, 0.5) is 0 Å². The average molecular weight is 387 g/mol. The van der Waals surface area contributed by atoms with Crippen LogP contribution in [-0.2, 0) is 0 Å². The second kappa shape index (κ2) is 8.79. The molecule has 4 N–H and O–H groups in total. The van der Waals surface area contributed by atoms with Gasteiger partial charge in [-0.3, -0.25) is 9.59 Å². The van der Waals surface area contributed by atoms with E-state index in [9.17, 15) is 9.59 Å². The van der Waals surface area contributed by atoms with E-state index in [0.29, 0.717) is 16.7 Å². The standard InChI is InChI=1S/C20H22N4O2.ClH/c1-12(2)13-7-9-14(10-8-13)17(21)11-22-20(26)18-15-5-3-4-6-16(15)19(25)24-23-18;/h3-10,12,17H,11,21H2,1-2H3,(H,22,26)(H,24,25);1H. The SMILES string of the molecule is CC(C)c1ccc(C(N)CNC(=O)c2n[nH]c(=O)c3ccccc23)cc1.Cl. The summed E-state index contributed by atoms with van der Waals surface area (Å²) >= 11 is 0. The maximum Gasteiger partial charge on any atom is 0.272 e. The highest BCUT2D eigenvalue weighted by atomic mass is 35.5. The molecule has 0 aliphatic carbocycles. The van der Waals surface area contributed by atoms with Crippen molar-refractivity contribution in [1.29, 1.82) is 0 Å². The number of carbonyl (C=O) groups is 1. The molecule has 6 nitrogen and oxygen atoms in total. The van der Waals surface area contributed by atoms with Crippen molar-refractivity contribution >= 4 is 29.1 Å². The Morgan fingerprint density at radius 2 is 1.67 bits per heavy atom. The number of fused-ring (bicyclic) bond motifs is 1. The summed E-state index contributed by atoms with van der Waals surface area (Å²) < 4.78 is 0. The third-order valence-corrected chi connectivity index (χ3v) is 4.42. The van der Waals surface area contributed by atoms with Gasteiger partial charge in [-0.25, -0.2) is 5.10 Å². The first-order valence-electron chi connectivity index (χ1n) is 8.58. The highest BCUT2D eigenvalue weighted by Gasteiger charge is 2.15. The molecule has 142 valence electrons. The fourth-order valence-electron chi connectivity index (χ4n) is 2.82. The minimum Gasteiger partial charge on any atom is -0.349 e. The Morgan fingerprint density at radius 3 is 2.30 bits per heavy atom. The van der Waals surface area contributed by atoms with Crippen molar-refractivity contribution in [2.45, 2.75) is 25.8 Å². The Labute approximate surface area is 163 Å². The number of rotatable bonds is 5.